The summed E-state index contributed by atoms with van der Waals surface area (Å²) in [6.45, 7) is 17.3. The van der Waals surface area contributed by atoms with Gasteiger partial charge in [0.2, 0.25) is 0 Å². The van der Waals surface area contributed by atoms with Gasteiger partial charge in [-0.15, -0.1) is 0 Å². The second-order valence-electron chi connectivity index (χ2n) is 10.7. The lowest BCUT2D eigenvalue weighted by atomic mass is 9.72. The van der Waals surface area contributed by atoms with Crippen molar-refractivity contribution in [1.29, 1.82) is 0 Å². The Labute approximate surface area is 196 Å². The lowest BCUT2D eigenvalue weighted by Crippen LogP contribution is -2.47. The van der Waals surface area contributed by atoms with Gasteiger partial charge >= 0.3 is 0 Å². The topological polar surface area (TPSA) is 18.5 Å². The maximum Gasteiger partial charge on any atom is 0.190 e. The molecule has 0 fully saturated rings. The molecule has 0 aromatic heterocycles. The van der Waals surface area contributed by atoms with E-state index in [0.29, 0.717) is 11.2 Å². The van der Waals surface area contributed by atoms with Crippen LogP contribution in [0, 0.1) is 5.41 Å². The molecule has 0 aliphatic rings. The quantitative estimate of drug-likeness (QED) is 0.306. The molecular formula is C27H43ClNO2+. The Morgan fingerprint density at radius 1 is 0.903 bits per heavy atom. The van der Waals surface area contributed by atoms with Gasteiger partial charge in [-0.05, 0) is 41.9 Å². The van der Waals surface area contributed by atoms with E-state index in [1.807, 2.05) is 19.1 Å². The predicted molar refractivity (Wildman–Crippen MR) is 133 cm³/mol. The standard InChI is InChI=1S/C14H21ClO.C13H22NO/c1-13(2,3)10-14(4,5)11-6-8-12(16-15)9-7-11;1-5-15-12(2)14(3,4)11-13-9-7-6-8-10-13/h6-9H,10H2,1-5H3;6-10,12H,5,11H2,1-4H3/q;+1. The average Bonchev–Trinajstić information content (AvgIpc) is 2.67. The van der Waals surface area contributed by atoms with Crippen LogP contribution in [0.4, 0.5) is 0 Å². The Morgan fingerprint density at radius 2 is 1.45 bits per heavy atom. The summed E-state index contributed by atoms with van der Waals surface area (Å²) in [4.78, 5) is 0. The molecule has 0 saturated carbocycles. The van der Waals surface area contributed by atoms with Crippen LogP contribution in [-0.4, -0.2) is 31.4 Å². The SMILES string of the molecule is CC(C)(C)CC(C)(C)c1ccc(OCl)cc1.CCOC(C)[N+](C)(C)Cc1ccccc1. The summed E-state index contributed by atoms with van der Waals surface area (Å²) in [5, 5.41) is 0. The van der Waals surface area contributed by atoms with E-state index in [1.165, 1.54) is 11.1 Å². The zero-order valence-corrected chi connectivity index (χ0v) is 21.8. The smallest absolute Gasteiger partial charge is 0.190 e. The van der Waals surface area contributed by atoms with E-state index in [0.717, 1.165) is 24.1 Å². The van der Waals surface area contributed by atoms with Crippen molar-refractivity contribution in [3.63, 3.8) is 0 Å². The van der Waals surface area contributed by atoms with Crippen LogP contribution in [0.3, 0.4) is 0 Å². The summed E-state index contributed by atoms with van der Waals surface area (Å²) in [7, 11) is 4.40. The van der Waals surface area contributed by atoms with Crippen molar-refractivity contribution in [2.45, 2.75) is 73.1 Å². The lowest BCUT2D eigenvalue weighted by Gasteiger charge is -2.35. The molecule has 0 aliphatic carbocycles. The third-order valence-electron chi connectivity index (χ3n) is 5.52. The Morgan fingerprint density at radius 3 is 1.90 bits per heavy atom. The van der Waals surface area contributed by atoms with Gasteiger partial charge in [-0.25, -0.2) is 0 Å². The van der Waals surface area contributed by atoms with Crippen molar-refractivity contribution in [2.75, 3.05) is 20.7 Å². The number of hydrogen-bond donors (Lipinski definition) is 0. The molecule has 0 amide bonds. The van der Waals surface area contributed by atoms with E-state index >= 15 is 0 Å². The van der Waals surface area contributed by atoms with Crippen molar-refractivity contribution in [2.24, 2.45) is 5.41 Å². The molecule has 0 N–H and O–H groups in total. The molecule has 1 unspecified atom stereocenters. The van der Waals surface area contributed by atoms with E-state index in [-0.39, 0.29) is 11.6 Å². The Balaban J connectivity index is 0.000000311. The summed E-state index contributed by atoms with van der Waals surface area (Å²) in [6, 6.07) is 18.5. The first-order valence-electron chi connectivity index (χ1n) is 11.2. The van der Waals surface area contributed by atoms with Gasteiger partial charge in [0.15, 0.2) is 6.23 Å². The van der Waals surface area contributed by atoms with Gasteiger partial charge in [-0.2, -0.15) is 0 Å². The van der Waals surface area contributed by atoms with E-state index < -0.39 is 0 Å². The Kier molecular flexibility index (Phi) is 10.5. The third-order valence-corrected chi connectivity index (χ3v) is 5.70. The van der Waals surface area contributed by atoms with Crippen LogP contribution in [0.25, 0.3) is 0 Å². The van der Waals surface area contributed by atoms with Crippen LogP contribution in [0.2, 0.25) is 0 Å². The van der Waals surface area contributed by atoms with Crippen molar-refractivity contribution in [1.82, 2.24) is 0 Å². The number of ether oxygens (including phenoxy) is 1. The molecule has 2 aromatic carbocycles. The van der Waals surface area contributed by atoms with Gasteiger partial charge < -0.3 is 9.03 Å². The van der Waals surface area contributed by atoms with Crippen LogP contribution in [-0.2, 0) is 16.7 Å². The minimum absolute atomic E-state index is 0.170. The van der Waals surface area contributed by atoms with Crippen molar-refractivity contribution >= 4 is 11.9 Å². The van der Waals surface area contributed by atoms with Crippen molar-refractivity contribution < 1.29 is 13.5 Å². The summed E-state index contributed by atoms with van der Waals surface area (Å²) >= 11 is 5.30. The molecule has 31 heavy (non-hydrogen) atoms. The molecule has 0 saturated heterocycles. The van der Waals surface area contributed by atoms with E-state index in [9.17, 15) is 0 Å². The first-order chi connectivity index (χ1) is 14.3. The predicted octanol–water partition coefficient (Wildman–Crippen LogP) is 7.58. The van der Waals surface area contributed by atoms with Crippen molar-refractivity contribution in [3.8, 4) is 5.75 Å². The number of quaternary nitrogens is 1. The second kappa shape index (κ2) is 11.9. The third kappa shape index (κ3) is 10.1. The molecule has 0 heterocycles. The highest BCUT2D eigenvalue weighted by Crippen LogP contribution is 2.36. The molecule has 1 atom stereocenters. The molecule has 2 rings (SSSR count). The number of hydrogen-bond acceptors (Lipinski definition) is 2. The number of nitrogens with zero attached hydrogens (tertiary/aromatic N) is 1. The number of benzene rings is 2. The van der Waals surface area contributed by atoms with Gasteiger partial charge in [-0.3, -0.25) is 4.48 Å². The average molecular weight is 449 g/mol. The summed E-state index contributed by atoms with van der Waals surface area (Å²) < 4.78 is 11.2. The minimum Gasteiger partial charge on any atom is -0.386 e. The highest BCUT2D eigenvalue weighted by molar-refractivity contribution is 6.09. The molecule has 0 bridgehead atoms. The molecule has 2 aromatic rings. The largest absolute Gasteiger partial charge is 0.386 e. The fourth-order valence-corrected chi connectivity index (χ4v) is 4.11. The van der Waals surface area contributed by atoms with E-state index in [2.05, 4.69) is 102 Å². The van der Waals surface area contributed by atoms with Gasteiger partial charge in [0.1, 0.15) is 24.2 Å². The molecule has 0 spiro atoms. The van der Waals surface area contributed by atoms with Crippen LogP contribution in [0.1, 0.15) is 66.0 Å². The highest BCUT2D eigenvalue weighted by Gasteiger charge is 2.27. The minimum atomic E-state index is 0.170. The normalized spacial score (nSPS) is 13.2. The van der Waals surface area contributed by atoms with Gasteiger partial charge in [0.25, 0.3) is 0 Å². The molecule has 0 aliphatic heterocycles. The molecule has 174 valence electrons. The molecule has 3 nitrogen and oxygen atoms in total. The number of halogens is 1. The monoisotopic (exact) mass is 448 g/mol. The van der Waals surface area contributed by atoms with Gasteiger partial charge in [0.05, 0.1) is 20.7 Å². The van der Waals surface area contributed by atoms with E-state index in [1.54, 1.807) is 0 Å². The number of rotatable bonds is 8. The fourth-order valence-electron chi connectivity index (χ4n) is 4.01. The van der Waals surface area contributed by atoms with Crippen molar-refractivity contribution in [3.05, 3.63) is 65.7 Å². The van der Waals surface area contributed by atoms with Crippen LogP contribution >= 0.6 is 11.9 Å². The highest BCUT2D eigenvalue weighted by atomic mass is 35.5. The fraction of sp³-hybridized carbons (Fsp3) is 0.556. The Hall–Kier alpha value is -1.55. The lowest BCUT2D eigenvalue weighted by molar-refractivity contribution is -0.947. The van der Waals surface area contributed by atoms with Gasteiger partial charge in [0, 0.05) is 12.5 Å². The summed E-state index contributed by atoms with van der Waals surface area (Å²) in [6.07, 6.45) is 1.37. The van der Waals surface area contributed by atoms with E-state index in [4.69, 9.17) is 16.6 Å². The molecular weight excluding hydrogens is 406 g/mol. The van der Waals surface area contributed by atoms with Gasteiger partial charge in [-0.1, -0.05) is 77.1 Å². The van der Waals surface area contributed by atoms with Crippen LogP contribution < -0.4 is 4.29 Å². The first kappa shape index (κ1) is 27.5. The first-order valence-corrected chi connectivity index (χ1v) is 11.5. The zero-order valence-electron chi connectivity index (χ0n) is 21.0. The molecule has 0 radical (unpaired) electrons. The van der Waals surface area contributed by atoms with Crippen LogP contribution in [0.15, 0.2) is 54.6 Å². The zero-order chi connectivity index (χ0) is 23.7. The Bertz CT molecular complexity index is 749. The maximum absolute atomic E-state index is 5.65. The summed E-state index contributed by atoms with van der Waals surface area (Å²) in [5.41, 5.74) is 3.17. The second-order valence-corrected chi connectivity index (χ2v) is 10.9. The maximum atomic E-state index is 5.65. The molecule has 4 heteroatoms. The summed E-state index contributed by atoms with van der Waals surface area (Å²) in [5.74, 6) is 0.692. The van der Waals surface area contributed by atoms with Crippen LogP contribution in [0.5, 0.6) is 5.75 Å².